The first-order valence-electron chi connectivity index (χ1n) is 10.9. The van der Waals surface area contributed by atoms with Crippen molar-refractivity contribution in [3.63, 3.8) is 0 Å². The summed E-state index contributed by atoms with van der Waals surface area (Å²) in [6.45, 7) is 8.66. The van der Waals surface area contributed by atoms with Crippen LogP contribution in [0.25, 0.3) is 0 Å². The molecule has 3 rings (SSSR count). The molecule has 5 nitrogen and oxygen atoms in total. The molecule has 28 heavy (non-hydrogen) atoms. The molecule has 2 aliphatic heterocycles. The van der Waals surface area contributed by atoms with Crippen LogP contribution in [0.3, 0.4) is 0 Å². The highest BCUT2D eigenvalue weighted by Crippen LogP contribution is 2.22. The first-order chi connectivity index (χ1) is 13.5. The first kappa shape index (κ1) is 20.8. The average Bonchev–Trinajstić information content (AvgIpc) is 2.70. The minimum Gasteiger partial charge on any atom is -0.355 e. The smallest absolute Gasteiger partial charge is 0.253 e. The average molecular weight is 386 g/mol. The molecule has 2 heterocycles. The molecule has 1 aromatic carbocycles. The lowest BCUT2D eigenvalue weighted by molar-refractivity contribution is -0.122. The van der Waals surface area contributed by atoms with Crippen molar-refractivity contribution < 1.29 is 9.59 Å². The van der Waals surface area contributed by atoms with Gasteiger partial charge in [0.25, 0.3) is 5.91 Å². The van der Waals surface area contributed by atoms with Crippen LogP contribution >= 0.6 is 0 Å². The maximum Gasteiger partial charge on any atom is 0.253 e. The third kappa shape index (κ3) is 5.81. The molecule has 2 fully saturated rings. The second-order valence-electron chi connectivity index (χ2n) is 8.54. The van der Waals surface area contributed by atoms with Gasteiger partial charge in [-0.25, -0.2) is 0 Å². The SMILES string of the molecule is Cc1ccc(C(=O)N2CCC(CC(=O)NCCN3CCCC[C@H]3C)CC2)cc1. The predicted octanol–water partition coefficient (Wildman–Crippen LogP) is 3.23. The fourth-order valence-electron chi connectivity index (χ4n) is 4.38. The van der Waals surface area contributed by atoms with Crippen molar-refractivity contribution in [2.45, 2.75) is 58.4 Å². The summed E-state index contributed by atoms with van der Waals surface area (Å²) in [6.07, 6.45) is 6.28. The summed E-state index contributed by atoms with van der Waals surface area (Å²) in [5.41, 5.74) is 1.92. The number of benzene rings is 1. The number of likely N-dealkylation sites (tertiary alicyclic amines) is 2. The van der Waals surface area contributed by atoms with Crippen molar-refractivity contribution in [3.8, 4) is 0 Å². The van der Waals surface area contributed by atoms with E-state index in [0.717, 1.165) is 56.7 Å². The van der Waals surface area contributed by atoms with E-state index in [0.29, 0.717) is 18.4 Å². The number of nitrogens with one attached hydrogen (secondary N) is 1. The quantitative estimate of drug-likeness (QED) is 0.818. The molecule has 1 aromatic rings. The highest BCUT2D eigenvalue weighted by Gasteiger charge is 2.25. The summed E-state index contributed by atoms with van der Waals surface area (Å²) in [5.74, 6) is 0.655. The van der Waals surface area contributed by atoms with Crippen LogP contribution < -0.4 is 5.32 Å². The monoisotopic (exact) mass is 385 g/mol. The van der Waals surface area contributed by atoms with Gasteiger partial charge in [-0.05, 0) is 64.1 Å². The predicted molar refractivity (Wildman–Crippen MR) is 112 cm³/mol. The number of amides is 2. The molecule has 0 aliphatic carbocycles. The van der Waals surface area contributed by atoms with E-state index < -0.39 is 0 Å². The van der Waals surface area contributed by atoms with Crippen LogP contribution in [0.2, 0.25) is 0 Å². The van der Waals surface area contributed by atoms with Crippen molar-refractivity contribution in [1.29, 1.82) is 0 Å². The van der Waals surface area contributed by atoms with Crippen molar-refractivity contribution in [2.75, 3.05) is 32.7 Å². The lowest BCUT2D eigenvalue weighted by Gasteiger charge is -2.33. The number of carbonyl (C=O) groups excluding carboxylic acids is 2. The fraction of sp³-hybridized carbons (Fsp3) is 0.652. The zero-order valence-electron chi connectivity index (χ0n) is 17.5. The number of aryl methyl sites for hydroxylation is 1. The van der Waals surface area contributed by atoms with E-state index >= 15 is 0 Å². The normalized spacial score (nSPS) is 21.5. The summed E-state index contributed by atoms with van der Waals surface area (Å²) in [4.78, 5) is 29.3. The Kier molecular flexibility index (Phi) is 7.49. The van der Waals surface area contributed by atoms with Gasteiger partial charge in [0.2, 0.25) is 5.91 Å². The molecule has 0 unspecified atom stereocenters. The highest BCUT2D eigenvalue weighted by molar-refractivity contribution is 5.94. The van der Waals surface area contributed by atoms with Gasteiger partial charge >= 0.3 is 0 Å². The number of piperidine rings is 2. The van der Waals surface area contributed by atoms with Crippen molar-refractivity contribution in [3.05, 3.63) is 35.4 Å². The molecule has 0 saturated carbocycles. The minimum absolute atomic E-state index is 0.110. The van der Waals surface area contributed by atoms with Crippen LogP contribution in [0.5, 0.6) is 0 Å². The van der Waals surface area contributed by atoms with Gasteiger partial charge in [-0.15, -0.1) is 0 Å². The Morgan fingerprint density at radius 2 is 1.75 bits per heavy atom. The van der Waals surface area contributed by atoms with Gasteiger partial charge in [0, 0.05) is 44.2 Å². The van der Waals surface area contributed by atoms with Crippen molar-refractivity contribution in [1.82, 2.24) is 15.1 Å². The van der Waals surface area contributed by atoms with Crippen LogP contribution in [-0.2, 0) is 4.79 Å². The number of carbonyl (C=O) groups is 2. The van der Waals surface area contributed by atoms with Gasteiger partial charge in [0.1, 0.15) is 0 Å². The number of nitrogens with zero attached hydrogens (tertiary/aromatic N) is 2. The molecule has 1 atom stereocenters. The van der Waals surface area contributed by atoms with Crippen LogP contribution in [0.4, 0.5) is 0 Å². The van der Waals surface area contributed by atoms with E-state index in [-0.39, 0.29) is 11.8 Å². The van der Waals surface area contributed by atoms with Gasteiger partial charge in [-0.3, -0.25) is 14.5 Å². The molecule has 0 aromatic heterocycles. The van der Waals surface area contributed by atoms with Gasteiger partial charge in [-0.2, -0.15) is 0 Å². The third-order valence-electron chi connectivity index (χ3n) is 6.34. The summed E-state index contributed by atoms with van der Waals surface area (Å²) < 4.78 is 0. The Balaban J connectivity index is 1.35. The van der Waals surface area contributed by atoms with E-state index in [2.05, 4.69) is 17.1 Å². The summed E-state index contributed by atoms with van der Waals surface area (Å²) in [6, 6.07) is 8.41. The molecular formula is C23H35N3O2. The van der Waals surface area contributed by atoms with Crippen LogP contribution in [0, 0.1) is 12.8 Å². The molecular weight excluding hydrogens is 350 g/mol. The second kappa shape index (κ2) is 10.1. The fourth-order valence-corrected chi connectivity index (χ4v) is 4.38. The highest BCUT2D eigenvalue weighted by atomic mass is 16.2. The largest absolute Gasteiger partial charge is 0.355 e. The zero-order valence-corrected chi connectivity index (χ0v) is 17.5. The number of rotatable bonds is 6. The van der Waals surface area contributed by atoms with E-state index in [1.54, 1.807) is 0 Å². The van der Waals surface area contributed by atoms with Gasteiger partial charge in [-0.1, -0.05) is 24.1 Å². The summed E-state index contributed by atoms with van der Waals surface area (Å²) in [5, 5.41) is 3.10. The Bertz CT molecular complexity index is 650. The second-order valence-corrected chi connectivity index (χ2v) is 8.54. The maximum atomic E-state index is 12.6. The molecule has 0 bridgehead atoms. The van der Waals surface area contributed by atoms with Crippen molar-refractivity contribution in [2.24, 2.45) is 5.92 Å². The maximum absolute atomic E-state index is 12.6. The minimum atomic E-state index is 0.110. The molecule has 2 amide bonds. The standard InChI is InChI=1S/C23H35N3O2/c1-18-6-8-21(9-7-18)23(28)26-14-10-20(11-15-26)17-22(27)24-12-16-25-13-4-3-5-19(25)2/h6-9,19-20H,3-5,10-17H2,1-2H3,(H,24,27)/t19-/m1/s1. The van der Waals surface area contributed by atoms with Crippen LogP contribution in [-0.4, -0.2) is 60.4 Å². The van der Waals surface area contributed by atoms with Crippen LogP contribution in [0.15, 0.2) is 24.3 Å². The Morgan fingerprint density at radius 3 is 2.43 bits per heavy atom. The molecule has 0 spiro atoms. The molecule has 154 valence electrons. The molecule has 2 aliphatic rings. The molecule has 5 heteroatoms. The van der Waals surface area contributed by atoms with Crippen LogP contribution in [0.1, 0.15) is 61.4 Å². The summed E-state index contributed by atoms with van der Waals surface area (Å²) in [7, 11) is 0. The van der Waals surface area contributed by atoms with E-state index in [1.165, 1.54) is 19.3 Å². The Morgan fingerprint density at radius 1 is 1.04 bits per heavy atom. The Labute approximate surface area is 169 Å². The molecule has 1 N–H and O–H groups in total. The van der Waals surface area contributed by atoms with E-state index in [9.17, 15) is 9.59 Å². The molecule has 2 saturated heterocycles. The van der Waals surface area contributed by atoms with E-state index in [1.807, 2.05) is 36.1 Å². The topological polar surface area (TPSA) is 52.7 Å². The molecule has 0 radical (unpaired) electrons. The van der Waals surface area contributed by atoms with Gasteiger partial charge < -0.3 is 10.2 Å². The zero-order chi connectivity index (χ0) is 19.9. The lowest BCUT2D eigenvalue weighted by Crippen LogP contribution is -2.43. The lowest BCUT2D eigenvalue weighted by atomic mass is 9.93. The number of hydrogen-bond donors (Lipinski definition) is 1. The Hall–Kier alpha value is -1.88. The summed E-state index contributed by atoms with van der Waals surface area (Å²) >= 11 is 0. The first-order valence-corrected chi connectivity index (χ1v) is 10.9. The number of hydrogen-bond acceptors (Lipinski definition) is 3. The van der Waals surface area contributed by atoms with E-state index in [4.69, 9.17) is 0 Å². The third-order valence-corrected chi connectivity index (χ3v) is 6.34. The van der Waals surface area contributed by atoms with Gasteiger partial charge in [0.15, 0.2) is 0 Å². The van der Waals surface area contributed by atoms with Crippen molar-refractivity contribution >= 4 is 11.8 Å². The van der Waals surface area contributed by atoms with Gasteiger partial charge in [0.05, 0.1) is 0 Å².